The molecule has 6 heteroatoms. The smallest absolute Gasteiger partial charge is 0.307 e. The monoisotopic (exact) mass is 458 g/mol. The topological polar surface area (TPSA) is 75.4 Å². The second kappa shape index (κ2) is 10.3. The van der Waals surface area contributed by atoms with Gasteiger partial charge in [-0.2, -0.15) is 0 Å². The third-order valence-electron chi connectivity index (χ3n) is 5.80. The van der Waals surface area contributed by atoms with Crippen LogP contribution in [0.5, 0.6) is 0 Å². The molecule has 1 unspecified atom stereocenters. The number of nitrogens with zero attached hydrogens (tertiary/aromatic N) is 1. The molecule has 5 nitrogen and oxygen atoms in total. The maximum absolute atomic E-state index is 13.4. The summed E-state index contributed by atoms with van der Waals surface area (Å²) in [6, 6.07) is 22.4. The summed E-state index contributed by atoms with van der Waals surface area (Å²) in [5, 5.41) is 16.6. The number of rotatable bonds is 9. The van der Waals surface area contributed by atoms with Crippen LogP contribution in [0.4, 0.5) is 10.1 Å². The van der Waals surface area contributed by atoms with E-state index < -0.39 is 5.97 Å². The Morgan fingerprint density at radius 2 is 1.65 bits per heavy atom. The Labute approximate surface area is 198 Å². The lowest BCUT2D eigenvalue weighted by Crippen LogP contribution is -2.16. The minimum atomic E-state index is -0.841. The summed E-state index contributed by atoms with van der Waals surface area (Å²) < 4.78 is 19.1. The van der Waals surface area contributed by atoms with Crippen LogP contribution < -0.4 is 5.32 Å². The molecule has 0 saturated heterocycles. The van der Waals surface area contributed by atoms with Crippen LogP contribution in [0.25, 0.3) is 22.5 Å². The molecule has 4 rings (SSSR count). The molecule has 0 saturated carbocycles. The predicted octanol–water partition coefficient (Wildman–Crippen LogP) is 6.52. The van der Waals surface area contributed by atoms with Gasteiger partial charge in [-0.15, -0.1) is 0 Å². The van der Waals surface area contributed by atoms with E-state index in [-0.39, 0.29) is 18.3 Å². The molecular formula is C28H27FN2O3. The average molecular weight is 459 g/mol. The van der Waals surface area contributed by atoms with E-state index in [1.807, 2.05) is 61.5 Å². The maximum atomic E-state index is 13.4. The van der Waals surface area contributed by atoms with Crippen molar-refractivity contribution in [3.8, 4) is 22.5 Å². The van der Waals surface area contributed by atoms with Crippen LogP contribution in [0, 0.1) is 12.7 Å². The largest absolute Gasteiger partial charge is 0.481 e. The molecule has 2 N–H and O–H groups in total. The Morgan fingerprint density at radius 3 is 2.29 bits per heavy atom. The van der Waals surface area contributed by atoms with E-state index >= 15 is 0 Å². The van der Waals surface area contributed by atoms with Crippen molar-refractivity contribution in [2.24, 2.45) is 0 Å². The quantitative estimate of drug-likeness (QED) is 0.299. The van der Waals surface area contributed by atoms with E-state index in [4.69, 9.17) is 9.63 Å². The highest BCUT2D eigenvalue weighted by Crippen LogP contribution is 2.33. The van der Waals surface area contributed by atoms with E-state index in [0.717, 1.165) is 52.0 Å². The molecule has 1 heterocycles. The normalized spacial score (nSPS) is 11.9. The lowest BCUT2D eigenvalue weighted by Gasteiger charge is -2.15. The molecule has 4 aromatic rings. The predicted molar refractivity (Wildman–Crippen MR) is 131 cm³/mol. The molecule has 174 valence electrons. The van der Waals surface area contributed by atoms with Crippen LogP contribution in [0.2, 0.25) is 0 Å². The number of benzene rings is 3. The fourth-order valence-electron chi connectivity index (χ4n) is 3.93. The summed E-state index contributed by atoms with van der Waals surface area (Å²) in [6.07, 6.45) is 1.62. The van der Waals surface area contributed by atoms with Crippen molar-refractivity contribution in [1.29, 1.82) is 0 Å². The van der Waals surface area contributed by atoms with Crippen LogP contribution in [-0.2, 0) is 17.6 Å². The minimum absolute atomic E-state index is 0.0144. The number of aromatic nitrogens is 1. The molecule has 0 spiro atoms. The second-order valence-corrected chi connectivity index (χ2v) is 8.53. The fraction of sp³-hybridized carbons (Fsp3) is 0.214. The van der Waals surface area contributed by atoms with Gasteiger partial charge in [-0.25, -0.2) is 4.39 Å². The van der Waals surface area contributed by atoms with Crippen molar-refractivity contribution in [1.82, 2.24) is 5.16 Å². The summed E-state index contributed by atoms with van der Waals surface area (Å²) in [5.74, 6) is -0.375. The number of carboxylic acid groups (broad SMARTS) is 1. The van der Waals surface area contributed by atoms with Gasteiger partial charge in [0, 0.05) is 11.6 Å². The Morgan fingerprint density at radius 1 is 1.00 bits per heavy atom. The molecule has 34 heavy (non-hydrogen) atoms. The lowest BCUT2D eigenvalue weighted by atomic mass is 10.0. The Balaban J connectivity index is 1.45. The zero-order valence-corrected chi connectivity index (χ0v) is 19.2. The molecule has 0 bridgehead atoms. The first kappa shape index (κ1) is 23.2. The van der Waals surface area contributed by atoms with Crippen molar-refractivity contribution in [2.45, 2.75) is 39.2 Å². The van der Waals surface area contributed by atoms with E-state index in [9.17, 15) is 9.18 Å². The van der Waals surface area contributed by atoms with E-state index in [1.165, 1.54) is 6.07 Å². The number of aryl methyl sites for hydroxylation is 2. The molecule has 0 aliphatic rings. The third kappa shape index (κ3) is 5.70. The van der Waals surface area contributed by atoms with Gasteiger partial charge in [0.1, 0.15) is 17.2 Å². The van der Waals surface area contributed by atoms with Crippen molar-refractivity contribution < 1.29 is 18.8 Å². The second-order valence-electron chi connectivity index (χ2n) is 8.53. The molecule has 0 radical (unpaired) electrons. The number of carbonyl (C=O) groups is 1. The van der Waals surface area contributed by atoms with Crippen LogP contribution >= 0.6 is 0 Å². The zero-order chi connectivity index (χ0) is 24.1. The first-order chi connectivity index (χ1) is 16.4. The zero-order valence-electron chi connectivity index (χ0n) is 19.2. The van der Waals surface area contributed by atoms with Gasteiger partial charge in [-0.1, -0.05) is 65.8 Å². The van der Waals surface area contributed by atoms with Crippen molar-refractivity contribution in [2.75, 3.05) is 5.32 Å². The van der Waals surface area contributed by atoms with Gasteiger partial charge in [-0.05, 0) is 61.1 Å². The molecule has 0 amide bonds. The van der Waals surface area contributed by atoms with E-state index in [1.54, 1.807) is 12.1 Å². The summed E-state index contributed by atoms with van der Waals surface area (Å²) in [4.78, 5) is 10.9. The van der Waals surface area contributed by atoms with E-state index in [2.05, 4.69) is 17.4 Å². The van der Waals surface area contributed by atoms with Crippen LogP contribution in [0.1, 0.15) is 30.2 Å². The number of carboxylic acids is 1. The molecule has 0 aliphatic heterocycles. The van der Waals surface area contributed by atoms with Gasteiger partial charge in [0.15, 0.2) is 5.76 Å². The molecule has 1 atom stereocenters. The highest BCUT2D eigenvalue weighted by Gasteiger charge is 2.17. The van der Waals surface area contributed by atoms with Crippen LogP contribution in [0.15, 0.2) is 77.3 Å². The number of aliphatic carboxylic acids is 1. The van der Waals surface area contributed by atoms with Crippen molar-refractivity contribution in [3.63, 3.8) is 0 Å². The highest BCUT2D eigenvalue weighted by atomic mass is 19.1. The van der Waals surface area contributed by atoms with Gasteiger partial charge in [0.05, 0.1) is 6.42 Å². The minimum Gasteiger partial charge on any atom is -0.481 e. The fourth-order valence-corrected chi connectivity index (χ4v) is 3.93. The first-order valence-electron chi connectivity index (χ1n) is 11.3. The van der Waals surface area contributed by atoms with Crippen molar-refractivity contribution >= 4 is 11.7 Å². The SMILES string of the molecule is Cc1noc(-c2ccc(-c3ccc(CC(=O)O)cc3)cc2)c1NC(C)CCc1cccc(F)c1. The van der Waals surface area contributed by atoms with Gasteiger partial charge in [-0.3, -0.25) is 4.79 Å². The Kier molecular flexibility index (Phi) is 7.07. The van der Waals surface area contributed by atoms with Gasteiger partial charge >= 0.3 is 5.97 Å². The number of nitrogens with one attached hydrogen (secondary N) is 1. The summed E-state index contributed by atoms with van der Waals surface area (Å²) in [6.45, 7) is 3.99. The summed E-state index contributed by atoms with van der Waals surface area (Å²) >= 11 is 0. The highest BCUT2D eigenvalue weighted by molar-refractivity contribution is 5.77. The summed E-state index contributed by atoms with van der Waals surface area (Å²) in [7, 11) is 0. The first-order valence-corrected chi connectivity index (χ1v) is 11.3. The number of anilines is 1. The molecular weight excluding hydrogens is 431 g/mol. The molecule has 3 aromatic carbocycles. The van der Waals surface area contributed by atoms with Crippen LogP contribution in [-0.4, -0.2) is 22.3 Å². The number of hydrogen-bond donors (Lipinski definition) is 2. The lowest BCUT2D eigenvalue weighted by molar-refractivity contribution is -0.136. The molecule has 0 fully saturated rings. The standard InChI is InChI=1S/C28H27FN2O3/c1-18(6-7-20-4-3-5-25(29)16-20)30-27-19(2)31-34-28(27)24-14-12-23(13-15-24)22-10-8-21(9-11-22)17-26(32)33/h3-5,8-16,18,30H,6-7,17H2,1-2H3,(H,32,33). The summed E-state index contributed by atoms with van der Waals surface area (Å²) in [5.41, 5.74) is 6.34. The molecule has 0 aliphatic carbocycles. The number of halogens is 1. The Hall–Kier alpha value is -3.93. The maximum Gasteiger partial charge on any atom is 0.307 e. The van der Waals surface area contributed by atoms with Gasteiger partial charge in [0.25, 0.3) is 0 Å². The molecule has 1 aromatic heterocycles. The van der Waals surface area contributed by atoms with Gasteiger partial charge in [0.2, 0.25) is 0 Å². The Bertz CT molecular complexity index is 1260. The average Bonchev–Trinajstić information content (AvgIpc) is 3.18. The third-order valence-corrected chi connectivity index (χ3v) is 5.80. The number of hydrogen-bond acceptors (Lipinski definition) is 4. The van der Waals surface area contributed by atoms with Crippen LogP contribution in [0.3, 0.4) is 0 Å². The van der Waals surface area contributed by atoms with Crippen molar-refractivity contribution in [3.05, 3.63) is 95.4 Å². The van der Waals surface area contributed by atoms with Gasteiger partial charge < -0.3 is 14.9 Å². The van der Waals surface area contributed by atoms with E-state index in [0.29, 0.717) is 5.76 Å².